The summed E-state index contributed by atoms with van der Waals surface area (Å²) in [5.41, 5.74) is 1.89. The predicted octanol–water partition coefficient (Wildman–Crippen LogP) is 4.15. The number of nitrogens with zero attached hydrogens (tertiary/aromatic N) is 2. The third-order valence-electron chi connectivity index (χ3n) is 6.35. The van der Waals surface area contributed by atoms with Crippen molar-refractivity contribution in [3.63, 3.8) is 0 Å². The van der Waals surface area contributed by atoms with E-state index in [1.807, 2.05) is 6.92 Å². The summed E-state index contributed by atoms with van der Waals surface area (Å²) < 4.78 is 40.0. The molecular weight excluding hydrogens is 530 g/mol. The summed E-state index contributed by atoms with van der Waals surface area (Å²) in [5.74, 6) is 0.0943. The van der Waals surface area contributed by atoms with Crippen molar-refractivity contribution in [2.45, 2.75) is 45.2 Å². The molecule has 0 spiro atoms. The first-order valence-electron chi connectivity index (χ1n) is 13.1. The number of hydrogen-bond acceptors (Lipinski definition) is 6. The summed E-state index contributed by atoms with van der Waals surface area (Å²) in [6.07, 6.45) is 0. The number of nitrogens with one attached hydrogen (secondary N) is 1. The van der Waals surface area contributed by atoms with Gasteiger partial charge in [0.25, 0.3) is 10.0 Å². The first-order valence-corrected chi connectivity index (χ1v) is 14.6. The Morgan fingerprint density at radius 3 is 2.20 bits per heavy atom. The zero-order chi connectivity index (χ0) is 29.3. The molecule has 0 aromatic heterocycles. The van der Waals surface area contributed by atoms with Gasteiger partial charge in [-0.25, -0.2) is 8.42 Å². The van der Waals surface area contributed by atoms with Gasteiger partial charge in [-0.15, -0.1) is 0 Å². The van der Waals surface area contributed by atoms with Crippen molar-refractivity contribution in [2.24, 2.45) is 0 Å². The maximum Gasteiger partial charge on any atom is 0.264 e. The van der Waals surface area contributed by atoms with E-state index in [2.05, 4.69) is 5.32 Å². The Bertz CT molecular complexity index is 1390. The number of benzene rings is 3. The molecule has 40 heavy (non-hydrogen) atoms. The zero-order valence-electron chi connectivity index (χ0n) is 23.6. The SMILES string of the molecule is CCNC(=O)[C@H](C)N(Cc1ccc(OC)cc1)C(=O)CN(c1ccccc1OCC)S(=O)(=O)c1ccc(C)cc1. The van der Waals surface area contributed by atoms with Crippen LogP contribution >= 0.6 is 0 Å². The van der Waals surface area contributed by atoms with Crippen molar-refractivity contribution in [3.8, 4) is 11.5 Å². The molecule has 3 aromatic rings. The van der Waals surface area contributed by atoms with Crippen LogP contribution in [0.3, 0.4) is 0 Å². The first-order chi connectivity index (χ1) is 19.1. The lowest BCUT2D eigenvalue weighted by Crippen LogP contribution is -2.51. The van der Waals surface area contributed by atoms with Gasteiger partial charge < -0.3 is 19.7 Å². The molecule has 0 radical (unpaired) electrons. The number of sulfonamides is 1. The molecule has 2 amide bonds. The second kappa shape index (κ2) is 13.8. The van der Waals surface area contributed by atoms with Crippen molar-refractivity contribution in [1.82, 2.24) is 10.2 Å². The predicted molar refractivity (Wildman–Crippen MR) is 155 cm³/mol. The fraction of sp³-hybridized carbons (Fsp3) is 0.333. The number of carbonyl (C=O) groups excluding carboxylic acids is 2. The number of likely N-dealkylation sites (N-methyl/N-ethyl adjacent to an activating group) is 1. The molecule has 9 nitrogen and oxygen atoms in total. The summed E-state index contributed by atoms with van der Waals surface area (Å²) in [6, 6.07) is 19.4. The molecule has 0 saturated heterocycles. The molecule has 0 bridgehead atoms. The van der Waals surface area contributed by atoms with Crippen LogP contribution in [0.5, 0.6) is 11.5 Å². The van der Waals surface area contributed by atoms with Gasteiger partial charge in [0.2, 0.25) is 11.8 Å². The number of rotatable bonds is 13. The fourth-order valence-electron chi connectivity index (χ4n) is 4.12. The Kier molecular flexibility index (Phi) is 10.6. The van der Waals surface area contributed by atoms with Crippen molar-refractivity contribution in [3.05, 3.63) is 83.9 Å². The van der Waals surface area contributed by atoms with Gasteiger partial charge in [0.15, 0.2) is 0 Å². The number of aryl methyl sites for hydroxylation is 1. The molecule has 0 heterocycles. The van der Waals surface area contributed by atoms with E-state index >= 15 is 0 Å². The van der Waals surface area contributed by atoms with Crippen molar-refractivity contribution in [2.75, 3.05) is 31.1 Å². The molecule has 10 heteroatoms. The highest BCUT2D eigenvalue weighted by atomic mass is 32.2. The lowest BCUT2D eigenvalue weighted by Gasteiger charge is -2.32. The molecule has 0 aliphatic heterocycles. The van der Waals surface area contributed by atoms with Gasteiger partial charge in [-0.3, -0.25) is 13.9 Å². The second-order valence-corrected chi connectivity index (χ2v) is 11.0. The van der Waals surface area contributed by atoms with Gasteiger partial charge in [-0.1, -0.05) is 42.0 Å². The highest BCUT2D eigenvalue weighted by molar-refractivity contribution is 7.92. The summed E-state index contributed by atoms with van der Waals surface area (Å²) in [7, 11) is -2.63. The second-order valence-electron chi connectivity index (χ2n) is 9.17. The molecule has 3 aromatic carbocycles. The van der Waals surface area contributed by atoms with Crippen LogP contribution in [0.15, 0.2) is 77.7 Å². The Balaban J connectivity index is 2.07. The normalized spacial score (nSPS) is 11.8. The van der Waals surface area contributed by atoms with Gasteiger partial charge in [-0.05, 0) is 69.7 Å². The van der Waals surface area contributed by atoms with Crippen LogP contribution < -0.4 is 19.1 Å². The Hall–Kier alpha value is -4.05. The number of amides is 2. The van der Waals surface area contributed by atoms with E-state index in [4.69, 9.17) is 9.47 Å². The van der Waals surface area contributed by atoms with Crippen LogP contribution in [-0.2, 0) is 26.2 Å². The first kappa shape index (κ1) is 30.5. The maximum absolute atomic E-state index is 14.0. The Morgan fingerprint density at radius 2 is 1.60 bits per heavy atom. The lowest BCUT2D eigenvalue weighted by atomic mass is 10.1. The number of carbonyl (C=O) groups is 2. The largest absolute Gasteiger partial charge is 0.497 e. The molecule has 0 aliphatic rings. The third kappa shape index (κ3) is 7.32. The summed E-state index contributed by atoms with van der Waals surface area (Å²) in [4.78, 5) is 28.2. The number of hydrogen-bond donors (Lipinski definition) is 1. The van der Waals surface area contributed by atoms with Crippen molar-refractivity contribution in [1.29, 1.82) is 0 Å². The highest BCUT2D eigenvalue weighted by Gasteiger charge is 2.33. The van der Waals surface area contributed by atoms with Crippen LogP contribution in [0, 0.1) is 6.92 Å². The highest BCUT2D eigenvalue weighted by Crippen LogP contribution is 2.33. The average Bonchev–Trinajstić information content (AvgIpc) is 2.95. The molecule has 0 saturated carbocycles. The van der Waals surface area contributed by atoms with E-state index in [9.17, 15) is 18.0 Å². The van der Waals surface area contributed by atoms with Crippen LogP contribution in [-0.4, -0.2) is 58.0 Å². The molecule has 0 fully saturated rings. The number of methoxy groups -OCH3 is 1. The van der Waals surface area contributed by atoms with Gasteiger partial charge in [0.05, 0.1) is 24.3 Å². The maximum atomic E-state index is 14.0. The van der Waals surface area contributed by atoms with E-state index < -0.39 is 28.5 Å². The Morgan fingerprint density at radius 1 is 0.950 bits per heavy atom. The van der Waals surface area contributed by atoms with Crippen LogP contribution in [0.2, 0.25) is 0 Å². The molecular formula is C30H37N3O6S. The third-order valence-corrected chi connectivity index (χ3v) is 8.13. The number of para-hydroxylation sites is 2. The quantitative estimate of drug-likeness (QED) is 0.333. The minimum Gasteiger partial charge on any atom is -0.497 e. The number of anilines is 1. The van der Waals surface area contributed by atoms with E-state index in [0.29, 0.717) is 24.7 Å². The van der Waals surface area contributed by atoms with Gasteiger partial charge in [-0.2, -0.15) is 0 Å². The fourth-order valence-corrected chi connectivity index (χ4v) is 5.55. The smallest absolute Gasteiger partial charge is 0.264 e. The topological polar surface area (TPSA) is 105 Å². The molecule has 214 valence electrons. The minimum atomic E-state index is -4.19. The lowest BCUT2D eigenvalue weighted by molar-refractivity contribution is -0.139. The summed E-state index contributed by atoms with van der Waals surface area (Å²) in [5, 5.41) is 2.75. The zero-order valence-corrected chi connectivity index (χ0v) is 24.4. The van der Waals surface area contributed by atoms with Gasteiger partial charge in [0, 0.05) is 13.1 Å². The van der Waals surface area contributed by atoms with E-state index in [0.717, 1.165) is 15.4 Å². The van der Waals surface area contributed by atoms with E-state index in [1.165, 1.54) is 17.0 Å². The molecule has 0 aliphatic carbocycles. The summed E-state index contributed by atoms with van der Waals surface area (Å²) >= 11 is 0. The summed E-state index contributed by atoms with van der Waals surface area (Å²) in [6.45, 7) is 7.32. The monoisotopic (exact) mass is 567 g/mol. The Labute approximate surface area is 236 Å². The molecule has 1 atom stereocenters. The van der Waals surface area contributed by atoms with Crippen LogP contribution in [0.25, 0.3) is 0 Å². The van der Waals surface area contributed by atoms with E-state index in [-0.39, 0.29) is 23.0 Å². The standard InChI is InChI=1S/C30H37N3O6S/c1-6-31-30(35)23(4)32(20-24-14-16-25(38-5)17-15-24)29(34)21-33(27-10-8-9-11-28(27)39-7-2)40(36,37)26-18-12-22(3)13-19-26/h8-19,23H,6-7,20-21H2,1-5H3,(H,31,35)/t23-/m0/s1. The molecule has 1 N–H and O–H groups in total. The average molecular weight is 568 g/mol. The van der Waals surface area contributed by atoms with Gasteiger partial charge >= 0.3 is 0 Å². The van der Waals surface area contributed by atoms with Crippen molar-refractivity contribution < 1.29 is 27.5 Å². The molecule has 0 unspecified atom stereocenters. The van der Waals surface area contributed by atoms with Gasteiger partial charge in [0.1, 0.15) is 24.1 Å². The number of ether oxygens (including phenoxy) is 2. The van der Waals surface area contributed by atoms with E-state index in [1.54, 1.807) is 88.5 Å². The van der Waals surface area contributed by atoms with Crippen LogP contribution in [0.1, 0.15) is 31.9 Å². The minimum absolute atomic E-state index is 0.0377. The van der Waals surface area contributed by atoms with Crippen molar-refractivity contribution >= 4 is 27.5 Å². The molecule has 3 rings (SSSR count). The van der Waals surface area contributed by atoms with Crippen LogP contribution in [0.4, 0.5) is 5.69 Å².